The molecular formula is C18H28N2O3. The van der Waals surface area contributed by atoms with E-state index in [1.165, 1.54) is 0 Å². The molecule has 0 aromatic heterocycles. The molecule has 2 rings (SSSR count). The van der Waals surface area contributed by atoms with E-state index in [9.17, 15) is 4.79 Å². The summed E-state index contributed by atoms with van der Waals surface area (Å²) in [5, 5.41) is 0. The predicted octanol–water partition coefficient (Wildman–Crippen LogP) is 2.57. The van der Waals surface area contributed by atoms with Crippen LogP contribution in [0.4, 0.5) is 5.69 Å². The lowest BCUT2D eigenvalue weighted by atomic mass is 9.90. The summed E-state index contributed by atoms with van der Waals surface area (Å²) >= 11 is 0. The van der Waals surface area contributed by atoms with Gasteiger partial charge in [0, 0.05) is 18.0 Å². The molecule has 0 fully saturated rings. The molecule has 1 aromatic carbocycles. The zero-order valence-corrected chi connectivity index (χ0v) is 15.3. The minimum absolute atomic E-state index is 0.0943. The van der Waals surface area contributed by atoms with E-state index in [0.717, 1.165) is 17.7 Å². The zero-order chi connectivity index (χ0) is 17.4. The Morgan fingerprint density at radius 3 is 2.35 bits per heavy atom. The van der Waals surface area contributed by atoms with Gasteiger partial charge >= 0.3 is 0 Å². The van der Waals surface area contributed by atoms with Crippen molar-refractivity contribution in [3.8, 4) is 11.5 Å². The number of benzene rings is 1. The number of amides is 1. The molecule has 0 saturated heterocycles. The van der Waals surface area contributed by atoms with Crippen LogP contribution < -0.4 is 14.4 Å². The van der Waals surface area contributed by atoms with Gasteiger partial charge in [0.2, 0.25) is 5.91 Å². The molecular weight excluding hydrogens is 292 g/mol. The van der Waals surface area contributed by atoms with Crippen LogP contribution in [0.3, 0.4) is 0 Å². The fourth-order valence-electron chi connectivity index (χ4n) is 2.97. The van der Waals surface area contributed by atoms with Crippen LogP contribution in [0.15, 0.2) is 12.1 Å². The van der Waals surface area contributed by atoms with E-state index < -0.39 is 5.41 Å². The second-order valence-electron chi connectivity index (χ2n) is 7.30. The fraction of sp³-hybridized carbons (Fsp3) is 0.611. The highest BCUT2D eigenvalue weighted by Gasteiger charge is 2.37. The number of methoxy groups -OCH3 is 2. The van der Waals surface area contributed by atoms with Crippen molar-refractivity contribution in [1.29, 1.82) is 0 Å². The lowest BCUT2D eigenvalue weighted by molar-refractivity contribution is -0.126. The highest BCUT2D eigenvalue weighted by molar-refractivity contribution is 6.00. The van der Waals surface area contributed by atoms with Crippen molar-refractivity contribution in [3.05, 3.63) is 17.7 Å². The molecule has 5 nitrogen and oxygen atoms in total. The Balaban J connectivity index is 2.61. The minimum Gasteiger partial charge on any atom is -0.493 e. The largest absolute Gasteiger partial charge is 0.493 e. The summed E-state index contributed by atoms with van der Waals surface area (Å²) in [6.45, 7) is 6.49. The molecule has 1 aliphatic heterocycles. The van der Waals surface area contributed by atoms with Crippen LogP contribution in [0.2, 0.25) is 0 Å². The molecule has 0 saturated carbocycles. The lowest BCUT2D eigenvalue weighted by Gasteiger charge is -2.40. The van der Waals surface area contributed by atoms with Gasteiger partial charge in [0.05, 0.1) is 19.9 Å². The Bertz CT molecular complexity index is 591. The van der Waals surface area contributed by atoms with E-state index in [0.29, 0.717) is 18.0 Å². The van der Waals surface area contributed by atoms with E-state index in [1.54, 1.807) is 14.2 Å². The van der Waals surface area contributed by atoms with Gasteiger partial charge in [-0.1, -0.05) is 26.8 Å². The minimum atomic E-state index is -0.459. The monoisotopic (exact) mass is 320 g/mol. The first-order chi connectivity index (χ1) is 10.7. The summed E-state index contributed by atoms with van der Waals surface area (Å²) in [6, 6.07) is 4.23. The molecule has 1 unspecified atom stereocenters. The van der Waals surface area contributed by atoms with Gasteiger partial charge in [0.25, 0.3) is 0 Å². The number of hydrogen-bond acceptors (Lipinski definition) is 4. The molecule has 5 heteroatoms. The van der Waals surface area contributed by atoms with E-state index >= 15 is 0 Å². The lowest BCUT2D eigenvalue weighted by Crippen LogP contribution is -2.51. The first kappa shape index (κ1) is 17.6. The number of anilines is 1. The molecule has 1 heterocycles. The molecule has 0 radical (unpaired) electrons. The molecule has 0 aliphatic carbocycles. The zero-order valence-electron chi connectivity index (χ0n) is 15.3. The number of fused-ring (bicyclic) bond motifs is 1. The van der Waals surface area contributed by atoms with Crippen molar-refractivity contribution < 1.29 is 14.3 Å². The molecule has 1 aliphatic rings. The van der Waals surface area contributed by atoms with Crippen LogP contribution in [0.5, 0.6) is 11.5 Å². The van der Waals surface area contributed by atoms with Crippen LogP contribution in [0, 0.1) is 5.41 Å². The summed E-state index contributed by atoms with van der Waals surface area (Å²) in [5.41, 5.74) is 1.51. The quantitative estimate of drug-likeness (QED) is 0.858. The van der Waals surface area contributed by atoms with Crippen LogP contribution in [0.1, 0.15) is 26.3 Å². The highest BCUT2D eigenvalue weighted by Crippen LogP contribution is 2.44. The average molecular weight is 320 g/mol. The standard InChI is InChI=1S/C18H28N2O3/c1-18(2,3)17(21)20-11-13(19(4)5)10-12-8-9-14(22-6)16(23-7)15(12)20/h8-9,13H,10-11H2,1-7H3. The van der Waals surface area contributed by atoms with Gasteiger partial charge in [0.15, 0.2) is 11.5 Å². The number of likely N-dealkylation sites (N-methyl/N-ethyl adjacent to an activating group) is 1. The Labute approximate surface area is 139 Å². The van der Waals surface area contributed by atoms with Gasteiger partial charge in [-0.3, -0.25) is 4.79 Å². The fourth-order valence-corrected chi connectivity index (χ4v) is 2.97. The predicted molar refractivity (Wildman–Crippen MR) is 92.5 cm³/mol. The second-order valence-corrected chi connectivity index (χ2v) is 7.30. The van der Waals surface area contributed by atoms with Crippen molar-refractivity contribution >= 4 is 11.6 Å². The van der Waals surface area contributed by atoms with E-state index in [2.05, 4.69) is 19.0 Å². The summed E-state index contributed by atoms with van der Waals surface area (Å²) in [5.74, 6) is 1.39. The molecule has 0 bridgehead atoms. The van der Waals surface area contributed by atoms with Gasteiger partial charge in [0.1, 0.15) is 0 Å². The van der Waals surface area contributed by atoms with Gasteiger partial charge in [-0.05, 0) is 32.1 Å². The van der Waals surface area contributed by atoms with Crippen LogP contribution >= 0.6 is 0 Å². The molecule has 0 spiro atoms. The summed E-state index contributed by atoms with van der Waals surface area (Å²) in [7, 11) is 7.34. The molecule has 1 atom stereocenters. The Hall–Kier alpha value is -1.75. The third kappa shape index (κ3) is 3.29. The maximum Gasteiger partial charge on any atom is 0.232 e. The van der Waals surface area contributed by atoms with Crippen LogP contribution in [0.25, 0.3) is 0 Å². The maximum atomic E-state index is 13.0. The number of ether oxygens (including phenoxy) is 2. The van der Waals surface area contributed by atoms with Gasteiger partial charge in [-0.2, -0.15) is 0 Å². The smallest absolute Gasteiger partial charge is 0.232 e. The van der Waals surface area contributed by atoms with E-state index in [4.69, 9.17) is 9.47 Å². The van der Waals surface area contributed by atoms with Crippen molar-refractivity contribution in [2.45, 2.75) is 33.2 Å². The Morgan fingerprint density at radius 2 is 1.87 bits per heavy atom. The van der Waals surface area contributed by atoms with Gasteiger partial charge in [-0.25, -0.2) is 0 Å². The summed E-state index contributed by atoms with van der Waals surface area (Å²) in [6.07, 6.45) is 0.886. The normalized spacial score (nSPS) is 17.9. The highest BCUT2D eigenvalue weighted by atomic mass is 16.5. The summed E-state index contributed by atoms with van der Waals surface area (Å²) < 4.78 is 11.0. The number of carbonyl (C=O) groups is 1. The van der Waals surface area contributed by atoms with Crippen LogP contribution in [-0.4, -0.2) is 51.7 Å². The van der Waals surface area contributed by atoms with E-state index in [1.807, 2.05) is 37.8 Å². The van der Waals surface area contributed by atoms with Crippen molar-refractivity contribution in [1.82, 2.24) is 4.90 Å². The van der Waals surface area contributed by atoms with Crippen molar-refractivity contribution in [2.24, 2.45) is 5.41 Å². The topological polar surface area (TPSA) is 42.0 Å². The number of nitrogens with zero attached hydrogens (tertiary/aromatic N) is 2. The SMILES string of the molecule is COc1ccc2c(c1OC)N(C(=O)C(C)(C)C)CC(N(C)C)C2. The Morgan fingerprint density at radius 1 is 1.22 bits per heavy atom. The van der Waals surface area contributed by atoms with Gasteiger partial charge in [-0.15, -0.1) is 0 Å². The average Bonchev–Trinajstić information content (AvgIpc) is 2.50. The van der Waals surface area contributed by atoms with Crippen LogP contribution in [-0.2, 0) is 11.2 Å². The number of hydrogen-bond donors (Lipinski definition) is 0. The molecule has 0 N–H and O–H groups in total. The third-order valence-corrected chi connectivity index (χ3v) is 4.34. The first-order valence-corrected chi connectivity index (χ1v) is 7.93. The Kier molecular flexibility index (Phi) is 4.90. The van der Waals surface area contributed by atoms with E-state index in [-0.39, 0.29) is 11.9 Å². The molecule has 128 valence electrons. The summed E-state index contributed by atoms with van der Waals surface area (Å²) in [4.78, 5) is 17.1. The molecule has 1 amide bonds. The second kappa shape index (κ2) is 6.40. The first-order valence-electron chi connectivity index (χ1n) is 7.93. The van der Waals surface area contributed by atoms with Crippen molar-refractivity contribution in [3.63, 3.8) is 0 Å². The van der Waals surface area contributed by atoms with Gasteiger partial charge < -0.3 is 19.3 Å². The van der Waals surface area contributed by atoms with Crippen molar-refractivity contribution in [2.75, 3.05) is 39.8 Å². The molecule has 1 aromatic rings. The number of carbonyl (C=O) groups excluding carboxylic acids is 1. The third-order valence-electron chi connectivity index (χ3n) is 4.34. The maximum absolute atomic E-state index is 13.0. The number of rotatable bonds is 3. The molecule has 23 heavy (non-hydrogen) atoms.